The number of nitrogens with one attached hydrogen (secondary N) is 1. The van der Waals surface area contributed by atoms with Crippen LogP contribution in [0.3, 0.4) is 0 Å². The molecule has 3 aromatic rings. The van der Waals surface area contributed by atoms with Gasteiger partial charge in [0.1, 0.15) is 0 Å². The minimum atomic E-state index is -0.0121. The Hall–Kier alpha value is -3.16. The van der Waals surface area contributed by atoms with Gasteiger partial charge in [0, 0.05) is 38.8 Å². The average Bonchev–Trinajstić information content (AvgIpc) is 3.38. The molecule has 36 heavy (non-hydrogen) atoms. The number of carbonyl (C=O) groups excluding carboxylic acids is 1. The van der Waals surface area contributed by atoms with Crippen LogP contribution in [0.4, 0.5) is 11.8 Å². The quantitative estimate of drug-likeness (QED) is 0.478. The molecule has 1 aliphatic heterocycles. The first-order valence-electron chi connectivity index (χ1n) is 13.7. The standard InChI is InChI=1S/C28H39N7O/c1-3-33(4-2)27(36)22-14-11-17-34(19-22)28-31-25(29-18-21-12-7-5-8-13-21)24-26(32-28)35(20-30-24)23-15-9-6-10-16-23/h5,7-8,12-13,20,22-23H,3-4,6,9-11,14-19H2,1-2H3,(H,29,31,32). The summed E-state index contributed by atoms with van der Waals surface area (Å²) in [7, 11) is 0. The van der Waals surface area contributed by atoms with E-state index in [9.17, 15) is 4.79 Å². The van der Waals surface area contributed by atoms with E-state index >= 15 is 0 Å². The van der Waals surface area contributed by atoms with Crippen LogP contribution in [-0.4, -0.2) is 56.5 Å². The molecule has 2 fully saturated rings. The van der Waals surface area contributed by atoms with Crippen molar-refractivity contribution in [2.75, 3.05) is 36.4 Å². The van der Waals surface area contributed by atoms with Crippen molar-refractivity contribution in [1.82, 2.24) is 24.4 Å². The zero-order valence-electron chi connectivity index (χ0n) is 21.7. The fraction of sp³-hybridized carbons (Fsp3) is 0.571. The summed E-state index contributed by atoms with van der Waals surface area (Å²) in [6.45, 7) is 7.81. The molecule has 3 heterocycles. The molecular formula is C28H39N7O. The molecule has 5 rings (SSSR count). The third-order valence-corrected chi connectivity index (χ3v) is 7.81. The van der Waals surface area contributed by atoms with Crippen LogP contribution >= 0.6 is 0 Å². The molecule has 0 bridgehead atoms. The monoisotopic (exact) mass is 489 g/mol. The van der Waals surface area contributed by atoms with E-state index in [2.05, 4.69) is 52.9 Å². The second-order valence-corrected chi connectivity index (χ2v) is 10.1. The summed E-state index contributed by atoms with van der Waals surface area (Å²) in [6.07, 6.45) is 9.99. The summed E-state index contributed by atoms with van der Waals surface area (Å²) in [5.41, 5.74) is 2.92. The number of hydrogen-bond donors (Lipinski definition) is 1. The number of hydrogen-bond acceptors (Lipinski definition) is 6. The van der Waals surface area contributed by atoms with E-state index in [0.717, 1.165) is 49.5 Å². The van der Waals surface area contributed by atoms with Gasteiger partial charge in [0.2, 0.25) is 11.9 Å². The molecule has 1 aromatic carbocycles. The lowest BCUT2D eigenvalue weighted by Gasteiger charge is -2.34. The van der Waals surface area contributed by atoms with E-state index in [4.69, 9.17) is 15.0 Å². The minimum Gasteiger partial charge on any atom is -0.364 e. The Balaban J connectivity index is 1.47. The van der Waals surface area contributed by atoms with Gasteiger partial charge in [-0.3, -0.25) is 4.79 Å². The van der Waals surface area contributed by atoms with Gasteiger partial charge in [0.25, 0.3) is 0 Å². The number of fused-ring (bicyclic) bond motifs is 1. The topological polar surface area (TPSA) is 79.2 Å². The van der Waals surface area contributed by atoms with Crippen LogP contribution < -0.4 is 10.2 Å². The van der Waals surface area contributed by atoms with Gasteiger partial charge in [0.05, 0.1) is 12.2 Å². The Morgan fingerprint density at radius 2 is 1.81 bits per heavy atom. The van der Waals surface area contributed by atoms with Gasteiger partial charge >= 0.3 is 0 Å². The van der Waals surface area contributed by atoms with Gasteiger partial charge in [-0.05, 0) is 45.1 Å². The third-order valence-electron chi connectivity index (χ3n) is 7.81. The zero-order valence-corrected chi connectivity index (χ0v) is 21.7. The molecule has 2 aliphatic rings. The van der Waals surface area contributed by atoms with Crippen LogP contribution in [0.5, 0.6) is 0 Å². The maximum absolute atomic E-state index is 13.1. The summed E-state index contributed by atoms with van der Waals surface area (Å²) >= 11 is 0. The summed E-state index contributed by atoms with van der Waals surface area (Å²) in [4.78, 5) is 32.1. The molecule has 8 heteroatoms. The van der Waals surface area contributed by atoms with Gasteiger partial charge in [-0.1, -0.05) is 49.6 Å². The molecule has 1 atom stereocenters. The number of nitrogens with zero attached hydrogens (tertiary/aromatic N) is 6. The second-order valence-electron chi connectivity index (χ2n) is 10.1. The van der Waals surface area contributed by atoms with Gasteiger partial charge < -0.3 is 19.7 Å². The number of anilines is 2. The molecule has 1 aliphatic carbocycles. The summed E-state index contributed by atoms with van der Waals surface area (Å²) in [5, 5.41) is 3.54. The van der Waals surface area contributed by atoms with Gasteiger partial charge in [-0.15, -0.1) is 0 Å². The maximum atomic E-state index is 13.1. The van der Waals surface area contributed by atoms with Crippen molar-refractivity contribution in [1.29, 1.82) is 0 Å². The fourth-order valence-corrected chi connectivity index (χ4v) is 5.73. The van der Waals surface area contributed by atoms with Crippen molar-refractivity contribution in [2.24, 2.45) is 5.92 Å². The molecule has 2 aromatic heterocycles. The van der Waals surface area contributed by atoms with Crippen LogP contribution in [0, 0.1) is 5.92 Å². The lowest BCUT2D eigenvalue weighted by Crippen LogP contribution is -2.45. The lowest BCUT2D eigenvalue weighted by atomic mass is 9.95. The third kappa shape index (κ3) is 5.18. The Kier molecular flexibility index (Phi) is 7.68. The number of aromatic nitrogens is 4. The van der Waals surface area contributed by atoms with E-state index in [0.29, 0.717) is 25.1 Å². The number of imidazole rings is 1. The second kappa shape index (κ2) is 11.3. The summed E-state index contributed by atoms with van der Waals surface area (Å²) < 4.78 is 2.27. The van der Waals surface area contributed by atoms with Crippen molar-refractivity contribution in [3.05, 3.63) is 42.2 Å². The Morgan fingerprint density at radius 1 is 1.03 bits per heavy atom. The van der Waals surface area contributed by atoms with E-state index in [1.54, 1.807) is 0 Å². The van der Waals surface area contributed by atoms with Crippen LogP contribution in [-0.2, 0) is 11.3 Å². The zero-order chi connectivity index (χ0) is 24.9. The first-order valence-corrected chi connectivity index (χ1v) is 13.7. The molecule has 1 saturated carbocycles. The molecule has 192 valence electrons. The SMILES string of the molecule is CCN(CC)C(=O)C1CCCN(c2nc(NCc3ccccc3)c3ncn(C4CCCCC4)c3n2)C1. The lowest BCUT2D eigenvalue weighted by molar-refractivity contribution is -0.135. The van der Waals surface area contributed by atoms with Crippen LogP contribution in [0.1, 0.15) is 70.4 Å². The van der Waals surface area contributed by atoms with Crippen molar-refractivity contribution >= 4 is 28.8 Å². The highest BCUT2D eigenvalue weighted by atomic mass is 16.2. The van der Waals surface area contributed by atoms with Gasteiger partial charge in [-0.2, -0.15) is 9.97 Å². The summed E-state index contributed by atoms with van der Waals surface area (Å²) in [6, 6.07) is 10.8. The molecule has 1 N–H and O–H groups in total. The highest BCUT2D eigenvalue weighted by Crippen LogP contribution is 2.33. The maximum Gasteiger partial charge on any atom is 0.229 e. The first kappa shape index (κ1) is 24.5. The van der Waals surface area contributed by atoms with E-state index < -0.39 is 0 Å². The summed E-state index contributed by atoms with van der Waals surface area (Å²) in [5.74, 6) is 1.71. The highest BCUT2D eigenvalue weighted by molar-refractivity contribution is 5.85. The van der Waals surface area contributed by atoms with Crippen molar-refractivity contribution < 1.29 is 4.79 Å². The van der Waals surface area contributed by atoms with Crippen LogP contribution in [0.2, 0.25) is 0 Å². The molecular weight excluding hydrogens is 450 g/mol. The predicted molar refractivity (Wildman–Crippen MR) is 144 cm³/mol. The van der Waals surface area contributed by atoms with Crippen molar-refractivity contribution in [3.8, 4) is 0 Å². The molecule has 8 nitrogen and oxygen atoms in total. The van der Waals surface area contributed by atoms with E-state index in [-0.39, 0.29) is 11.8 Å². The number of benzene rings is 1. The minimum absolute atomic E-state index is 0.0121. The molecule has 1 saturated heterocycles. The largest absolute Gasteiger partial charge is 0.364 e. The van der Waals surface area contributed by atoms with Crippen LogP contribution in [0.15, 0.2) is 36.7 Å². The van der Waals surface area contributed by atoms with Crippen molar-refractivity contribution in [3.63, 3.8) is 0 Å². The van der Waals surface area contributed by atoms with Gasteiger partial charge in [0.15, 0.2) is 17.0 Å². The molecule has 1 unspecified atom stereocenters. The Morgan fingerprint density at radius 3 is 2.56 bits per heavy atom. The fourth-order valence-electron chi connectivity index (χ4n) is 5.73. The number of piperidine rings is 1. The molecule has 0 spiro atoms. The Labute approximate surface area is 214 Å². The Bertz CT molecular complexity index is 1150. The predicted octanol–water partition coefficient (Wildman–Crippen LogP) is 5.03. The highest BCUT2D eigenvalue weighted by Gasteiger charge is 2.30. The van der Waals surface area contributed by atoms with Crippen LogP contribution in [0.25, 0.3) is 11.2 Å². The smallest absolute Gasteiger partial charge is 0.229 e. The number of carbonyl (C=O) groups is 1. The normalized spacial score (nSPS) is 18.9. The number of rotatable bonds is 8. The van der Waals surface area contributed by atoms with E-state index in [1.807, 2.05) is 17.3 Å². The van der Waals surface area contributed by atoms with Gasteiger partial charge in [-0.25, -0.2) is 4.98 Å². The average molecular weight is 490 g/mol. The molecule has 1 amide bonds. The molecule has 0 radical (unpaired) electrons. The first-order chi connectivity index (χ1) is 17.7. The van der Waals surface area contributed by atoms with Crippen molar-refractivity contribution in [2.45, 2.75) is 71.4 Å². The van der Waals surface area contributed by atoms with E-state index in [1.165, 1.54) is 37.7 Å². The number of amides is 1.